The molecule has 1 atom stereocenters. The SMILES string of the molecule is OC(C=CCI)CCCCI. The van der Waals surface area contributed by atoms with Gasteiger partial charge in [-0.15, -0.1) is 0 Å². The quantitative estimate of drug-likeness (QED) is 0.325. The Hall–Kier alpha value is 1.16. The van der Waals surface area contributed by atoms with Crippen molar-refractivity contribution in [3.63, 3.8) is 0 Å². The largest absolute Gasteiger partial charge is 0.389 e. The van der Waals surface area contributed by atoms with Crippen LogP contribution in [-0.4, -0.2) is 20.1 Å². The summed E-state index contributed by atoms with van der Waals surface area (Å²) in [5.74, 6) is 0. The van der Waals surface area contributed by atoms with E-state index < -0.39 is 0 Å². The van der Waals surface area contributed by atoms with Gasteiger partial charge in [-0.3, -0.25) is 0 Å². The zero-order valence-corrected chi connectivity index (χ0v) is 10.8. The monoisotopic (exact) mass is 380 g/mol. The van der Waals surface area contributed by atoms with E-state index in [0.717, 1.165) is 17.3 Å². The molecule has 0 fully saturated rings. The van der Waals surface area contributed by atoms with Gasteiger partial charge in [0.1, 0.15) is 0 Å². The van der Waals surface area contributed by atoms with Gasteiger partial charge >= 0.3 is 0 Å². The highest BCUT2D eigenvalue weighted by atomic mass is 127. The van der Waals surface area contributed by atoms with Gasteiger partial charge in [-0.05, 0) is 23.7 Å². The van der Waals surface area contributed by atoms with E-state index in [1.807, 2.05) is 12.2 Å². The van der Waals surface area contributed by atoms with E-state index in [0.29, 0.717) is 0 Å². The van der Waals surface area contributed by atoms with Crippen LogP contribution in [0.2, 0.25) is 0 Å². The molecule has 0 aliphatic heterocycles. The van der Waals surface area contributed by atoms with Gasteiger partial charge in [0.15, 0.2) is 0 Å². The molecule has 0 rings (SSSR count). The number of aliphatic hydroxyl groups excluding tert-OH is 1. The second-order valence-electron chi connectivity index (χ2n) is 2.33. The molecule has 0 aromatic rings. The van der Waals surface area contributed by atoms with Gasteiger partial charge in [-0.1, -0.05) is 57.3 Å². The van der Waals surface area contributed by atoms with Crippen molar-refractivity contribution in [2.24, 2.45) is 0 Å². The predicted octanol–water partition coefficient (Wildman–Crippen LogP) is 2.94. The Morgan fingerprint density at radius 1 is 1.27 bits per heavy atom. The van der Waals surface area contributed by atoms with Crippen LogP contribution in [0.4, 0.5) is 0 Å². The van der Waals surface area contributed by atoms with Crippen molar-refractivity contribution >= 4 is 45.2 Å². The molecular formula is C8H14I2O. The summed E-state index contributed by atoms with van der Waals surface area (Å²) < 4.78 is 2.18. The van der Waals surface area contributed by atoms with Crippen LogP contribution in [0.1, 0.15) is 19.3 Å². The summed E-state index contributed by atoms with van der Waals surface area (Å²) in [6, 6.07) is 0. The lowest BCUT2D eigenvalue weighted by Crippen LogP contribution is -2.01. The fourth-order valence-corrected chi connectivity index (χ4v) is 1.59. The Morgan fingerprint density at radius 3 is 2.55 bits per heavy atom. The van der Waals surface area contributed by atoms with Gasteiger partial charge in [-0.2, -0.15) is 0 Å². The number of allylic oxidation sites excluding steroid dienone is 1. The van der Waals surface area contributed by atoms with Gasteiger partial charge in [-0.25, -0.2) is 0 Å². The van der Waals surface area contributed by atoms with Gasteiger partial charge < -0.3 is 5.11 Å². The number of unbranched alkanes of at least 4 members (excludes halogenated alkanes) is 1. The molecule has 1 unspecified atom stereocenters. The molecule has 11 heavy (non-hydrogen) atoms. The van der Waals surface area contributed by atoms with E-state index in [4.69, 9.17) is 0 Å². The van der Waals surface area contributed by atoms with Gasteiger partial charge in [0.25, 0.3) is 0 Å². The molecule has 0 aromatic carbocycles. The van der Waals surface area contributed by atoms with Gasteiger partial charge in [0, 0.05) is 4.43 Å². The number of alkyl halides is 2. The zero-order chi connectivity index (χ0) is 8.53. The highest BCUT2D eigenvalue weighted by Crippen LogP contribution is 2.04. The molecule has 0 heterocycles. The van der Waals surface area contributed by atoms with Crippen LogP contribution in [0.5, 0.6) is 0 Å². The summed E-state index contributed by atoms with van der Waals surface area (Å²) in [7, 11) is 0. The molecule has 0 saturated carbocycles. The highest BCUT2D eigenvalue weighted by molar-refractivity contribution is 14.1. The average molecular weight is 380 g/mol. The smallest absolute Gasteiger partial charge is 0.0721 e. The van der Waals surface area contributed by atoms with Crippen molar-refractivity contribution in [3.05, 3.63) is 12.2 Å². The van der Waals surface area contributed by atoms with E-state index >= 15 is 0 Å². The summed E-state index contributed by atoms with van der Waals surface area (Å²) in [6.45, 7) is 0. The van der Waals surface area contributed by atoms with Crippen LogP contribution in [0.3, 0.4) is 0 Å². The Morgan fingerprint density at radius 2 is 2.00 bits per heavy atom. The van der Waals surface area contributed by atoms with Crippen LogP contribution in [0.25, 0.3) is 0 Å². The van der Waals surface area contributed by atoms with Crippen LogP contribution < -0.4 is 0 Å². The molecule has 0 spiro atoms. The zero-order valence-electron chi connectivity index (χ0n) is 6.47. The molecule has 3 heteroatoms. The average Bonchev–Trinajstić information content (AvgIpc) is 2.01. The Balaban J connectivity index is 3.21. The summed E-state index contributed by atoms with van der Waals surface area (Å²) in [5, 5.41) is 9.31. The minimum absolute atomic E-state index is 0.215. The Bertz CT molecular complexity index is 104. The third kappa shape index (κ3) is 9.07. The van der Waals surface area contributed by atoms with Crippen molar-refractivity contribution in [2.45, 2.75) is 25.4 Å². The lowest BCUT2D eigenvalue weighted by Gasteiger charge is -2.02. The molecule has 0 radical (unpaired) electrons. The van der Waals surface area contributed by atoms with Crippen molar-refractivity contribution in [1.82, 2.24) is 0 Å². The molecule has 1 N–H and O–H groups in total. The van der Waals surface area contributed by atoms with E-state index in [1.165, 1.54) is 10.8 Å². The van der Waals surface area contributed by atoms with Gasteiger partial charge in [0.2, 0.25) is 0 Å². The van der Waals surface area contributed by atoms with Crippen molar-refractivity contribution in [2.75, 3.05) is 8.86 Å². The highest BCUT2D eigenvalue weighted by Gasteiger charge is 1.96. The lowest BCUT2D eigenvalue weighted by atomic mass is 10.1. The molecule has 66 valence electrons. The second kappa shape index (κ2) is 9.25. The summed E-state index contributed by atoms with van der Waals surface area (Å²) >= 11 is 4.63. The molecule has 0 aromatic heterocycles. The molecular weight excluding hydrogens is 366 g/mol. The van der Waals surface area contributed by atoms with Crippen molar-refractivity contribution in [1.29, 1.82) is 0 Å². The fourth-order valence-electron chi connectivity index (χ4n) is 0.753. The standard InChI is InChI=1S/C8H14I2O/c9-6-2-1-4-8(11)5-3-7-10/h3,5,8,11H,1-2,4,6-7H2. The number of halogens is 2. The molecule has 0 amide bonds. The first kappa shape index (κ1) is 12.2. The molecule has 0 aliphatic carbocycles. The minimum atomic E-state index is -0.215. The fraction of sp³-hybridized carbons (Fsp3) is 0.750. The number of hydrogen-bond donors (Lipinski definition) is 1. The number of aliphatic hydroxyl groups is 1. The first-order valence-corrected chi connectivity index (χ1v) is 6.83. The van der Waals surface area contributed by atoms with Gasteiger partial charge in [0.05, 0.1) is 6.10 Å². The molecule has 0 bridgehead atoms. The lowest BCUT2D eigenvalue weighted by molar-refractivity contribution is 0.209. The normalized spacial score (nSPS) is 14.1. The maximum Gasteiger partial charge on any atom is 0.0721 e. The summed E-state index contributed by atoms with van der Waals surface area (Å²) in [4.78, 5) is 0. The molecule has 0 saturated heterocycles. The summed E-state index contributed by atoms with van der Waals surface area (Å²) in [5.41, 5.74) is 0. The van der Waals surface area contributed by atoms with Crippen LogP contribution in [0, 0.1) is 0 Å². The number of rotatable bonds is 6. The van der Waals surface area contributed by atoms with E-state index in [-0.39, 0.29) is 6.10 Å². The summed E-state index contributed by atoms with van der Waals surface area (Å²) in [6.07, 6.45) is 6.95. The second-order valence-corrected chi connectivity index (χ2v) is 4.29. The van der Waals surface area contributed by atoms with Crippen molar-refractivity contribution < 1.29 is 5.11 Å². The van der Waals surface area contributed by atoms with Crippen LogP contribution >= 0.6 is 45.2 Å². The first-order valence-electron chi connectivity index (χ1n) is 3.78. The minimum Gasteiger partial charge on any atom is -0.389 e. The van der Waals surface area contributed by atoms with E-state index in [2.05, 4.69) is 45.2 Å². The molecule has 0 aliphatic rings. The van der Waals surface area contributed by atoms with Crippen molar-refractivity contribution in [3.8, 4) is 0 Å². The Kier molecular flexibility index (Phi) is 10.2. The third-order valence-electron chi connectivity index (χ3n) is 1.33. The topological polar surface area (TPSA) is 20.2 Å². The maximum atomic E-state index is 9.31. The van der Waals surface area contributed by atoms with E-state index in [9.17, 15) is 5.11 Å². The first-order chi connectivity index (χ1) is 5.31. The maximum absolute atomic E-state index is 9.31. The third-order valence-corrected chi connectivity index (χ3v) is 2.60. The van der Waals surface area contributed by atoms with E-state index in [1.54, 1.807) is 0 Å². The number of hydrogen-bond acceptors (Lipinski definition) is 1. The molecule has 1 nitrogen and oxygen atoms in total. The Labute approximate surface area is 95.9 Å². The van der Waals surface area contributed by atoms with Crippen LogP contribution in [0.15, 0.2) is 12.2 Å². The van der Waals surface area contributed by atoms with Crippen LogP contribution in [-0.2, 0) is 0 Å². The predicted molar refractivity (Wildman–Crippen MR) is 66.8 cm³/mol.